The molecule has 0 saturated carbocycles. The maximum absolute atomic E-state index is 10.2. The molecule has 0 saturated heterocycles. The maximum Gasteiger partial charge on any atom is 0.104 e. The van der Waals surface area contributed by atoms with Gasteiger partial charge in [-0.05, 0) is 35.7 Å². The van der Waals surface area contributed by atoms with Crippen LogP contribution in [0.3, 0.4) is 0 Å². The average molecular weight is 233 g/mol. The quantitative estimate of drug-likeness (QED) is 0.837. The predicted octanol–water partition coefficient (Wildman–Crippen LogP) is 3.73. The van der Waals surface area contributed by atoms with E-state index in [-0.39, 0.29) is 0 Å². The van der Waals surface area contributed by atoms with Crippen LogP contribution in [0.5, 0.6) is 0 Å². The van der Waals surface area contributed by atoms with Crippen molar-refractivity contribution in [1.29, 1.82) is 0 Å². The van der Waals surface area contributed by atoms with E-state index in [1.807, 2.05) is 43.3 Å². The molecule has 0 bridgehead atoms. The minimum atomic E-state index is -0.585. The first kappa shape index (κ1) is 11.2. The second-order valence-corrected chi connectivity index (χ2v) is 4.25. The number of hydrogen-bond donors (Lipinski definition) is 1. The molecule has 0 fully saturated rings. The number of aliphatic hydroxyl groups excluding tert-OH is 1. The van der Waals surface area contributed by atoms with Gasteiger partial charge in [-0.15, -0.1) is 0 Å². The van der Waals surface area contributed by atoms with Crippen LogP contribution in [-0.4, -0.2) is 5.11 Å². The summed E-state index contributed by atoms with van der Waals surface area (Å²) in [6.07, 6.45) is -0.585. The first-order chi connectivity index (χ1) is 7.68. The summed E-state index contributed by atoms with van der Waals surface area (Å²) >= 11 is 5.81. The molecule has 0 spiro atoms. The van der Waals surface area contributed by atoms with Crippen molar-refractivity contribution in [2.75, 3.05) is 0 Å². The van der Waals surface area contributed by atoms with Crippen LogP contribution >= 0.6 is 11.6 Å². The molecule has 16 heavy (non-hydrogen) atoms. The van der Waals surface area contributed by atoms with E-state index in [9.17, 15) is 5.11 Å². The van der Waals surface area contributed by atoms with Crippen molar-refractivity contribution in [1.82, 2.24) is 0 Å². The van der Waals surface area contributed by atoms with Crippen LogP contribution in [0.25, 0.3) is 0 Å². The molecule has 0 radical (unpaired) electrons. The molecule has 2 heteroatoms. The van der Waals surface area contributed by atoms with Crippen LogP contribution in [0.1, 0.15) is 22.8 Å². The highest BCUT2D eigenvalue weighted by atomic mass is 35.5. The van der Waals surface area contributed by atoms with Gasteiger partial charge in [0.15, 0.2) is 0 Å². The van der Waals surface area contributed by atoms with Gasteiger partial charge in [0.1, 0.15) is 6.10 Å². The minimum absolute atomic E-state index is 0.585. The van der Waals surface area contributed by atoms with E-state index in [0.717, 1.165) is 16.7 Å². The smallest absolute Gasteiger partial charge is 0.104 e. The summed E-state index contributed by atoms with van der Waals surface area (Å²) in [5.41, 5.74) is 2.88. The van der Waals surface area contributed by atoms with E-state index in [1.54, 1.807) is 12.1 Å². The number of benzene rings is 2. The van der Waals surface area contributed by atoms with E-state index in [1.165, 1.54) is 0 Å². The second-order valence-electron chi connectivity index (χ2n) is 3.81. The summed E-state index contributed by atoms with van der Waals surface area (Å²) in [7, 11) is 0. The SMILES string of the molecule is Cc1ccccc1C(O)c1ccc(Cl)cc1. The topological polar surface area (TPSA) is 20.2 Å². The largest absolute Gasteiger partial charge is 0.384 e. The highest BCUT2D eigenvalue weighted by Crippen LogP contribution is 2.25. The van der Waals surface area contributed by atoms with E-state index < -0.39 is 6.10 Å². The second kappa shape index (κ2) is 4.69. The van der Waals surface area contributed by atoms with Gasteiger partial charge in [-0.3, -0.25) is 0 Å². The van der Waals surface area contributed by atoms with Gasteiger partial charge in [0.05, 0.1) is 0 Å². The van der Waals surface area contributed by atoms with E-state index in [4.69, 9.17) is 11.6 Å². The Labute approximate surface area is 100 Å². The fourth-order valence-electron chi connectivity index (χ4n) is 1.72. The fraction of sp³-hybridized carbons (Fsp3) is 0.143. The number of halogens is 1. The third-order valence-electron chi connectivity index (χ3n) is 2.67. The van der Waals surface area contributed by atoms with Gasteiger partial charge in [-0.1, -0.05) is 48.0 Å². The third kappa shape index (κ3) is 2.26. The average Bonchev–Trinajstić information content (AvgIpc) is 2.30. The maximum atomic E-state index is 10.2. The number of hydrogen-bond acceptors (Lipinski definition) is 1. The lowest BCUT2D eigenvalue weighted by molar-refractivity contribution is 0.219. The number of aliphatic hydroxyl groups is 1. The molecule has 2 aromatic carbocycles. The molecule has 1 nitrogen and oxygen atoms in total. The van der Waals surface area contributed by atoms with Crippen molar-refractivity contribution >= 4 is 11.6 Å². The Balaban J connectivity index is 2.35. The molecular weight excluding hydrogens is 220 g/mol. The van der Waals surface area contributed by atoms with Crippen LogP contribution in [0, 0.1) is 6.92 Å². The standard InChI is InChI=1S/C14H13ClO/c1-10-4-2-3-5-13(10)14(16)11-6-8-12(15)9-7-11/h2-9,14,16H,1H3. The molecule has 0 amide bonds. The highest BCUT2D eigenvalue weighted by Gasteiger charge is 2.11. The Kier molecular flexibility index (Phi) is 3.28. The van der Waals surface area contributed by atoms with Crippen molar-refractivity contribution < 1.29 is 5.11 Å². The van der Waals surface area contributed by atoms with Crippen molar-refractivity contribution in [2.24, 2.45) is 0 Å². The van der Waals surface area contributed by atoms with Gasteiger partial charge in [0.2, 0.25) is 0 Å². The molecular formula is C14H13ClO. The lowest BCUT2D eigenvalue weighted by Crippen LogP contribution is -2.01. The first-order valence-corrected chi connectivity index (χ1v) is 5.55. The zero-order valence-corrected chi connectivity index (χ0v) is 9.78. The molecule has 2 aromatic rings. The van der Waals surface area contributed by atoms with E-state index in [2.05, 4.69) is 0 Å². The molecule has 2 rings (SSSR count). The van der Waals surface area contributed by atoms with Crippen LogP contribution in [0.4, 0.5) is 0 Å². The Morgan fingerprint density at radius 2 is 1.62 bits per heavy atom. The van der Waals surface area contributed by atoms with Crippen molar-refractivity contribution in [3.8, 4) is 0 Å². The minimum Gasteiger partial charge on any atom is -0.384 e. The molecule has 1 unspecified atom stereocenters. The lowest BCUT2D eigenvalue weighted by atomic mass is 9.98. The van der Waals surface area contributed by atoms with Gasteiger partial charge in [-0.25, -0.2) is 0 Å². The third-order valence-corrected chi connectivity index (χ3v) is 2.92. The normalized spacial score (nSPS) is 12.4. The Hall–Kier alpha value is -1.31. The molecule has 0 aliphatic heterocycles. The highest BCUT2D eigenvalue weighted by molar-refractivity contribution is 6.30. The molecule has 82 valence electrons. The van der Waals surface area contributed by atoms with Crippen molar-refractivity contribution in [2.45, 2.75) is 13.0 Å². The van der Waals surface area contributed by atoms with Crippen molar-refractivity contribution in [3.63, 3.8) is 0 Å². The number of rotatable bonds is 2. The summed E-state index contributed by atoms with van der Waals surface area (Å²) in [5, 5.41) is 10.9. The first-order valence-electron chi connectivity index (χ1n) is 5.17. The molecule has 0 heterocycles. The zero-order chi connectivity index (χ0) is 11.5. The molecule has 1 atom stereocenters. The Morgan fingerprint density at radius 1 is 1.00 bits per heavy atom. The lowest BCUT2D eigenvalue weighted by Gasteiger charge is -2.13. The molecule has 0 aliphatic carbocycles. The zero-order valence-electron chi connectivity index (χ0n) is 9.02. The summed E-state index contributed by atoms with van der Waals surface area (Å²) in [6, 6.07) is 15.1. The monoisotopic (exact) mass is 232 g/mol. The predicted molar refractivity (Wildman–Crippen MR) is 66.7 cm³/mol. The van der Waals surface area contributed by atoms with E-state index >= 15 is 0 Å². The molecule has 1 N–H and O–H groups in total. The Bertz CT molecular complexity index is 476. The van der Waals surface area contributed by atoms with Crippen LogP contribution in [0.15, 0.2) is 48.5 Å². The van der Waals surface area contributed by atoms with E-state index in [0.29, 0.717) is 5.02 Å². The van der Waals surface area contributed by atoms with Crippen LogP contribution in [-0.2, 0) is 0 Å². The van der Waals surface area contributed by atoms with Gasteiger partial charge in [0, 0.05) is 5.02 Å². The summed E-state index contributed by atoms with van der Waals surface area (Å²) in [5.74, 6) is 0. The Morgan fingerprint density at radius 3 is 2.25 bits per heavy atom. The van der Waals surface area contributed by atoms with Crippen LogP contribution in [0.2, 0.25) is 5.02 Å². The van der Waals surface area contributed by atoms with Gasteiger partial charge in [0.25, 0.3) is 0 Å². The molecule has 0 aliphatic rings. The van der Waals surface area contributed by atoms with Crippen LogP contribution < -0.4 is 0 Å². The number of aryl methyl sites for hydroxylation is 1. The fourth-order valence-corrected chi connectivity index (χ4v) is 1.84. The van der Waals surface area contributed by atoms with Crippen molar-refractivity contribution in [3.05, 3.63) is 70.2 Å². The molecule has 0 aromatic heterocycles. The van der Waals surface area contributed by atoms with Gasteiger partial charge in [-0.2, -0.15) is 0 Å². The summed E-state index contributed by atoms with van der Waals surface area (Å²) in [4.78, 5) is 0. The van der Waals surface area contributed by atoms with Gasteiger partial charge >= 0.3 is 0 Å². The summed E-state index contributed by atoms with van der Waals surface area (Å²) in [6.45, 7) is 1.99. The van der Waals surface area contributed by atoms with Gasteiger partial charge < -0.3 is 5.11 Å². The summed E-state index contributed by atoms with van der Waals surface area (Å²) < 4.78 is 0.